The van der Waals surface area contributed by atoms with Crippen LogP contribution in [-0.2, 0) is 4.74 Å². The maximum absolute atomic E-state index is 11.1. The van der Waals surface area contributed by atoms with Gasteiger partial charge in [-0.15, -0.1) is 0 Å². The number of aliphatic hydroxyl groups is 3. The molecule has 4 atom stereocenters. The van der Waals surface area contributed by atoms with E-state index in [4.69, 9.17) is 14.6 Å². The van der Waals surface area contributed by atoms with E-state index < -0.39 is 36.7 Å². The van der Waals surface area contributed by atoms with Crippen LogP contribution in [0.1, 0.15) is 6.23 Å². The van der Waals surface area contributed by atoms with Crippen molar-refractivity contribution in [1.29, 1.82) is 0 Å². The van der Waals surface area contributed by atoms with Crippen LogP contribution in [-0.4, -0.2) is 56.9 Å². The van der Waals surface area contributed by atoms with Gasteiger partial charge < -0.3 is 24.8 Å². The Hall–Kier alpha value is -1.48. The van der Waals surface area contributed by atoms with Gasteiger partial charge in [0.2, 0.25) is 0 Å². The first-order valence-corrected chi connectivity index (χ1v) is 5.34. The number of nitrogens with zero attached hydrogens (tertiary/aromatic N) is 2. The van der Waals surface area contributed by atoms with Crippen LogP contribution in [0.25, 0.3) is 0 Å². The van der Waals surface area contributed by atoms with Crippen LogP contribution in [0.3, 0.4) is 0 Å². The Bertz CT molecular complexity index is 476. The van der Waals surface area contributed by atoms with Crippen LogP contribution in [0.5, 0.6) is 6.01 Å². The van der Waals surface area contributed by atoms with Crippen molar-refractivity contribution in [1.82, 2.24) is 9.55 Å². The number of ether oxygens (including phenoxy) is 2. The highest BCUT2D eigenvalue weighted by atomic mass is 16.6. The van der Waals surface area contributed by atoms with Crippen molar-refractivity contribution in [3.8, 4) is 6.01 Å². The minimum absolute atomic E-state index is 0.0441. The highest BCUT2D eigenvalue weighted by Crippen LogP contribution is 2.30. The van der Waals surface area contributed by atoms with Crippen LogP contribution in [0.2, 0.25) is 0 Å². The zero-order valence-corrected chi connectivity index (χ0v) is 9.63. The SMILES string of the molecule is COc1nc(=O)ccn1[C@@H]1O[C@H](CO)[C@@H](O)[C@H]1O. The molecule has 0 spiro atoms. The Morgan fingerprint density at radius 2 is 2.22 bits per heavy atom. The fourth-order valence-electron chi connectivity index (χ4n) is 1.85. The van der Waals surface area contributed by atoms with Gasteiger partial charge in [-0.1, -0.05) is 0 Å². The molecule has 18 heavy (non-hydrogen) atoms. The molecule has 0 aromatic carbocycles. The van der Waals surface area contributed by atoms with E-state index in [1.54, 1.807) is 0 Å². The Morgan fingerprint density at radius 1 is 1.50 bits per heavy atom. The van der Waals surface area contributed by atoms with Crippen LogP contribution in [0.4, 0.5) is 0 Å². The van der Waals surface area contributed by atoms with Gasteiger partial charge in [-0.25, -0.2) is 0 Å². The molecule has 3 N–H and O–H groups in total. The highest BCUT2D eigenvalue weighted by Gasteiger charge is 2.43. The summed E-state index contributed by atoms with van der Waals surface area (Å²) in [5.74, 6) is 0. The molecule has 1 saturated heterocycles. The van der Waals surface area contributed by atoms with E-state index in [-0.39, 0.29) is 6.01 Å². The lowest BCUT2D eigenvalue weighted by Gasteiger charge is -2.19. The topological polar surface area (TPSA) is 114 Å². The second-order valence-corrected chi connectivity index (χ2v) is 3.89. The molecule has 0 radical (unpaired) electrons. The summed E-state index contributed by atoms with van der Waals surface area (Å²) in [6.45, 7) is -0.426. The van der Waals surface area contributed by atoms with Gasteiger partial charge in [0, 0.05) is 12.3 Å². The van der Waals surface area contributed by atoms with E-state index in [0.717, 1.165) is 0 Å². The van der Waals surface area contributed by atoms with Crippen molar-refractivity contribution < 1.29 is 24.8 Å². The van der Waals surface area contributed by atoms with E-state index in [2.05, 4.69) is 4.98 Å². The Labute approximate surface area is 102 Å². The quantitative estimate of drug-likeness (QED) is 0.567. The van der Waals surface area contributed by atoms with Gasteiger partial charge >= 0.3 is 6.01 Å². The molecule has 0 amide bonds. The number of rotatable bonds is 3. The largest absolute Gasteiger partial charge is 0.468 e. The Morgan fingerprint density at radius 3 is 2.78 bits per heavy atom. The molecule has 0 bridgehead atoms. The molecule has 2 heterocycles. The van der Waals surface area contributed by atoms with Crippen molar-refractivity contribution in [3.05, 3.63) is 22.6 Å². The Balaban J connectivity index is 2.35. The van der Waals surface area contributed by atoms with Crippen molar-refractivity contribution in [2.45, 2.75) is 24.5 Å². The number of aromatic nitrogens is 2. The normalized spacial score (nSPS) is 31.6. The third kappa shape index (κ3) is 2.10. The van der Waals surface area contributed by atoms with Crippen molar-refractivity contribution in [2.75, 3.05) is 13.7 Å². The van der Waals surface area contributed by atoms with Crippen LogP contribution < -0.4 is 10.3 Å². The molecular weight excluding hydrogens is 244 g/mol. The summed E-state index contributed by atoms with van der Waals surface area (Å²) in [5, 5.41) is 28.5. The number of aliphatic hydroxyl groups excluding tert-OH is 3. The average molecular weight is 258 g/mol. The molecule has 1 aliphatic heterocycles. The summed E-state index contributed by atoms with van der Waals surface area (Å²) in [6, 6.07) is 1.13. The molecule has 100 valence electrons. The summed E-state index contributed by atoms with van der Waals surface area (Å²) in [4.78, 5) is 14.7. The summed E-state index contributed by atoms with van der Waals surface area (Å²) in [7, 11) is 1.32. The third-order valence-corrected chi connectivity index (χ3v) is 2.78. The van der Waals surface area contributed by atoms with Gasteiger partial charge in [0.15, 0.2) is 6.23 Å². The van der Waals surface area contributed by atoms with Gasteiger partial charge in [0.25, 0.3) is 5.56 Å². The zero-order chi connectivity index (χ0) is 13.3. The van der Waals surface area contributed by atoms with Crippen molar-refractivity contribution in [2.24, 2.45) is 0 Å². The fourth-order valence-corrected chi connectivity index (χ4v) is 1.85. The molecule has 1 aromatic rings. The van der Waals surface area contributed by atoms with Gasteiger partial charge in [-0.05, 0) is 0 Å². The molecule has 0 aliphatic carbocycles. The third-order valence-electron chi connectivity index (χ3n) is 2.78. The molecular formula is C10H14N2O6. The smallest absolute Gasteiger partial charge is 0.301 e. The lowest BCUT2D eigenvalue weighted by Crippen LogP contribution is -2.33. The second-order valence-electron chi connectivity index (χ2n) is 3.89. The molecule has 1 aliphatic rings. The maximum Gasteiger partial charge on any atom is 0.301 e. The molecule has 8 heteroatoms. The molecule has 2 rings (SSSR count). The van der Waals surface area contributed by atoms with E-state index in [1.165, 1.54) is 23.9 Å². The Kier molecular flexibility index (Phi) is 3.62. The first kappa shape index (κ1) is 13.0. The van der Waals surface area contributed by atoms with Crippen molar-refractivity contribution >= 4 is 0 Å². The van der Waals surface area contributed by atoms with Gasteiger partial charge in [-0.3, -0.25) is 9.36 Å². The summed E-state index contributed by atoms with van der Waals surface area (Å²) >= 11 is 0. The monoisotopic (exact) mass is 258 g/mol. The maximum atomic E-state index is 11.1. The summed E-state index contributed by atoms with van der Waals surface area (Å²) in [6.07, 6.45) is -2.99. The predicted molar refractivity (Wildman–Crippen MR) is 58.1 cm³/mol. The van der Waals surface area contributed by atoms with Crippen LogP contribution in [0.15, 0.2) is 17.1 Å². The number of methoxy groups -OCH3 is 1. The average Bonchev–Trinajstić information content (AvgIpc) is 2.66. The van der Waals surface area contributed by atoms with Gasteiger partial charge in [0.05, 0.1) is 13.7 Å². The molecule has 1 fully saturated rings. The molecule has 0 unspecified atom stereocenters. The van der Waals surface area contributed by atoms with E-state index >= 15 is 0 Å². The molecule has 1 aromatic heterocycles. The number of hydrogen-bond acceptors (Lipinski definition) is 7. The lowest BCUT2D eigenvalue weighted by molar-refractivity contribution is -0.0564. The first-order chi connectivity index (χ1) is 8.58. The predicted octanol–water partition coefficient (Wildman–Crippen LogP) is -2.14. The minimum atomic E-state index is -1.25. The van der Waals surface area contributed by atoms with Crippen molar-refractivity contribution in [3.63, 3.8) is 0 Å². The zero-order valence-electron chi connectivity index (χ0n) is 9.63. The molecule has 8 nitrogen and oxygen atoms in total. The standard InChI is InChI=1S/C10H14N2O6/c1-17-10-11-6(14)2-3-12(10)9-8(16)7(15)5(4-13)18-9/h2-3,5,7-9,13,15-16H,4H2,1H3/t5-,7-,8-,9-/m1/s1. The van der Waals surface area contributed by atoms with E-state index in [0.29, 0.717) is 0 Å². The second kappa shape index (κ2) is 5.02. The highest BCUT2D eigenvalue weighted by molar-refractivity contribution is 5.03. The first-order valence-electron chi connectivity index (χ1n) is 5.34. The van der Waals surface area contributed by atoms with Crippen LogP contribution >= 0.6 is 0 Å². The fraction of sp³-hybridized carbons (Fsp3) is 0.600. The van der Waals surface area contributed by atoms with Gasteiger partial charge in [-0.2, -0.15) is 4.98 Å². The van der Waals surface area contributed by atoms with Gasteiger partial charge in [0.1, 0.15) is 18.3 Å². The summed E-state index contributed by atoms with van der Waals surface area (Å²) in [5.41, 5.74) is -0.491. The van der Waals surface area contributed by atoms with E-state index in [1.807, 2.05) is 0 Å². The minimum Gasteiger partial charge on any atom is -0.468 e. The summed E-state index contributed by atoms with van der Waals surface area (Å²) < 4.78 is 11.5. The number of hydrogen-bond donors (Lipinski definition) is 3. The lowest BCUT2D eigenvalue weighted by atomic mass is 10.1. The van der Waals surface area contributed by atoms with E-state index in [9.17, 15) is 15.0 Å². The van der Waals surface area contributed by atoms with Crippen LogP contribution in [0, 0.1) is 0 Å². The molecule has 0 saturated carbocycles.